The van der Waals surface area contributed by atoms with Crippen LogP contribution in [0.1, 0.15) is 47.8 Å². The Kier molecular flexibility index (Phi) is 6.88. The van der Waals surface area contributed by atoms with Gasteiger partial charge >= 0.3 is 0 Å². The smallest absolute Gasteiger partial charge is 0.276 e. The van der Waals surface area contributed by atoms with Gasteiger partial charge in [-0.05, 0) is 61.9 Å². The molecule has 0 radical (unpaired) electrons. The van der Waals surface area contributed by atoms with Crippen molar-refractivity contribution >= 4 is 24.0 Å². The molecule has 1 aromatic carbocycles. The molecule has 146 valence electrons. The molecular weight excluding hydrogens is 364 g/mol. The highest BCUT2D eigenvalue weighted by Gasteiger charge is 2.21. The molecule has 1 saturated carbocycles. The van der Waals surface area contributed by atoms with Crippen LogP contribution in [-0.2, 0) is 11.3 Å². The van der Waals surface area contributed by atoms with Gasteiger partial charge in [0, 0.05) is 25.0 Å². The monoisotopic (exact) mass is 390 g/mol. The zero-order chi connectivity index (χ0) is 17.8. The Hall–Kier alpha value is -1.89. The number of ether oxygens (including phenoxy) is 1. The van der Waals surface area contributed by atoms with Crippen molar-refractivity contribution in [2.45, 2.75) is 38.3 Å². The quantitative estimate of drug-likeness (QED) is 0.760. The maximum absolute atomic E-state index is 12.5. The van der Waals surface area contributed by atoms with E-state index in [4.69, 9.17) is 4.74 Å². The fourth-order valence-corrected chi connectivity index (χ4v) is 3.28. The van der Waals surface area contributed by atoms with E-state index in [-0.39, 0.29) is 18.3 Å². The van der Waals surface area contributed by atoms with E-state index in [9.17, 15) is 4.79 Å². The summed E-state index contributed by atoms with van der Waals surface area (Å²) in [6, 6.07) is 9.94. The molecular formula is C20H27ClN4O2. The molecule has 1 amide bonds. The Bertz CT molecular complexity index is 754. The molecule has 1 unspecified atom stereocenters. The topological polar surface area (TPSA) is 68.2 Å². The van der Waals surface area contributed by atoms with E-state index in [0.717, 1.165) is 49.7 Å². The first-order valence-electron chi connectivity index (χ1n) is 9.52. The number of amides is 1. The van der Waals surface area contributed by atoms with E-state index in [0.29, 0.717) is 18.3 Å². The van der Waals surface area contributed by atoms with Crippen LogP contribution >= 0.6 is 12.4 Å². The van der Waals surface area contributed by atoms with Gasteiger partial charge in [0.1, 0.15) is 0 Å². The second kappa shape index (κ2) is 9.35. The molecule has 27 heavy (non-hydrogen) atoms. The van der Waals surface area contributed by atoms with Gasteiger partial charge < -0.3 is 15.4 Å². The third-order valence-corrected chi connectivity index (χ3v) is 4.99. The van der Waals surface area contributed by atoms with Crippen molar-refractivity contribution in [2.24, 2.45) is 5.92 Å². The third-order valence-electron chi connectivity index (χ3n) is 4.99. The van der Waals surface area contributed by atoms with E-state index >= 15 is 0 Å². The Morgan fingerprint density at radius 3 is 2.96 bits per heavy atom. The van der Waals surface area contributed by atoms with Crippen molar-refractivity contribution in [3.05, 3.63) is 47.8 Å². The molecule has 2 aromatic rings. The maximum atomic E-state index is 12.5. The highest BCUT2D eigenvalue weighted by atomic mass is 35.5. The van der Waals surface area contributed by atoms with Gasteiger partial charge in [-0.3, -0.25) is 9.48 Å². The second-order valence-electron chi connectivity index (χ2n) is 7.29. The molecule has 1 saturated heterocycles. The number of aromatic nitrogens is 2. The summed E-state index contributed by atoms with van der Waals surface area (Å²) in [6.07, 6.45) is 6.72. The fourth-order valence-electron chi connectivity index (χ4n) is 3.28. The van der Waals surface area contributed by atoms with Crippen LogP contribution in [0.5, 0.6) is 0 Å². The van der Waals surface area contributed by atoms with Crippen molar-refractivity contribution in [2.75, 3.05) is 25.0 Å². The standard InChI is InChI=1S/C20H26N4O2.ClH/c25-20(19-8-10-24(23-19)18-5-2-9-21-12-18)22-17-4-1-3-16(11-17)14-26-13-15-6-7-15;/h1,3-4,8,10-11,15,18,21H,2,5-7,9,12-14H2,(H,22,25);1H. The zero-order valence-electron chi connectivity index (χ0n) is 15.4. The van der Waals surface area contributed by atoms with Crippen LogP contribution < -0.4 is 10.6 Å². The minimum atomic E-state index is -0.177. The van der Waals surface area contributed by atoms with Gasteiger partial charge in [-0.1, -0.05) is 12.1 Å². The van der Waals surface area contributed by atoms with Crippen LogP contribution in [0, 0.1) is 5.92 Å². The number of halogens is 1. The highest BCUT2D eigenvalue weighted by Crippen LogP contribution is 2.29. The Labute approximate surface area is 166 Å². The van der Waals surface area contributed by atoms with Gasteiger partial charge in [0.25, 0.3) is 5.91 Å². The maximum Gasteiger partial charge on any atom is 0.276 e. The van der Waals surface area contributed by atoms with Crippen molar-refractivity contribution in [1.82, 2.24) is 15.1 Å². The average molecular weight is 391 g/mol. The summed E-state index contributed by atoms with van der Waals surface area (Å²) in [4.78, 5) is 12.5. The van der Waals surface area contributed by atoms with Gasteiger partial charge in [0.05, 0.1) is 12.6 Å². The first-order chi connectivity index (χ1) is 12.8. The molecule has 1 aliphatic carbocycles. The van der Waals surface area contributed by atoms with Crippen LogP contribution in [-0.4, -0.2) is 35.4 Å². The number of anilines is 1. The Morgan fingerprint density at radius 1 is 1.30 bits per heavy atom. The van der Waals surface area contributed by atoms with Gasteiger partial charge in [0.15, 0.2) is 5.69 Å². The van der Waals surface area contributed by atoms with Gasteiger partial charge in [-0.2, -0.15) is 5.10 Å². The van der Waals surface area contributed by atoms with Crippen molar-refractivity contribution < 1.29 is 9.53 Å². The molecule has 2 heterocycles. The molecule has 1 aromatic heterocycles. The largest absolute Gasteiger partial charge is 0.376 e. The molecule has 0 spiro atoms. The minimum absolute atomic E-state index is 0. The van der Waals surface area contributed by atoms with Crippen LogP contribution in [0.3, 0.4) is 0 Å². The van der Waals surface area contributed by atoms with Crippen LogP contribution in [0.15, 0.2) is 36.5 Å². The Morgan fingerprint density at radius 2 is 2.19 bits per heavy atom. The third kappa shape index (κ3) is 5.54. The van der Waals surface area contributed by atoms with Gasteiger partial charge in [-0.15, -0.1) is 12.4 Å². The predicted octanol–water partition coefficient (Wildman–Crippen LogP) is 3.41. The van der Waals surface area contributed by atoms with E-state index in [2.05, 4.69) is 15.7 Å². The lowest BCUT2D eigenvalue weighted by Crippen LogP contribution is -2.32. The van der Waals surface area contributed by atoms with E-state index in [1.165, 1.54) is 12.8 Å². The number of carbonyl (C=O) groups excluding carboxylic acids is 1. The summed E-state index contributed by atoms with van der Waals surface area (Å²) in [5, 5.41) is 10.8. The normalized spacial score (nSPS) is 19.3. The number of hydrogen-bond donors (Lipinski definition) is 2. The number of rotatable bonds is 7. The van der Waals surface area contributed by atoms with Crippen LogP contribution in [0.25, 0.3) is 0 Å². The molecule has 7 heteroatoms. The first-order valence-corrected chi connectivity index (χ1v) is 9.52. The van der Waals surface area contributed by atoms with Crippen LogP contribution in [0.2, 0.25) is 0 Å². The summed E-state index contributed by atoms with van der Waals surface area (Å²) in [5.41, 5.74) is 2.30. The van der Waals surface area contributed by atoms with E-state index < -0.39 is 0 Å². The summed E-state index contributed by atoms with van der Waals surface area (Å²) in [7, 11) is 0. The average Bonchev–Trinajstić information content (AvgIpc) is 3.35. The first kappa shape index (κ1) is 19.9. The summed E-state index contributed by atoms with van der Waals surface area (Å²) >= 11 is 0. The minimum Gasteiger partial charge on any atom is -0.376 e. The number of nitrogens with one attached hydrogen (secondary N) is 2. The molecule has 0 bridgehead atoms. The molecule has 1 aliphatic heterocycles. The molecule has 2 N–H and O–H groups in total. The SMILES string of the molecule is Cl.O=C(Nc1cccc(COCC2CC2)c1)c1ccn(C2CCCNC2)n1. The number of carbonyl (C=O) groups is 1. The molecule has 4 rings (SSSR count). The number of piperidine rings is 1. The van der Waals surface area contributed by atoms with Gasteiger partial charge in [0.2, 0.25) is 0 Å². The molecule has 1 atom stereocenters. The molecule has 2 fully saturated rings. The molecule has 6 nitrogen and oxygen atoms in total. The highest BCUT2D eigenvalue weighted by molar-refractivity contribution is 6.02. The lowest BCUT2D eigenvalue weighted by atomic mass is 10.1. The van der Waals surface area contributed by atoms with Crippen molar-refractivity contribution in [3.8, 4) is 0 Å². The van der Waals surface area contributed by atoms with Crippen LogP contribution in [0.4, 0.5) is 5.69 Å². The fraction of sp³-hybridized carbons (Fsp3) is 0.500. The number of hydrogen-bond acceptors (Lipinski definition) is 4. The van der Waals surface area contributed by atoms with E-state index in [1.54, 1.807) is 6.07 Å². The number of nitrogens with zero attached hydrogens (tertiary/aromatic N) is 2. The van der Waals surface area contributed by atoms with Gasteiger partial charge in [-0.25, -0.2) is 0 Å². The lowest BCUT2D eigenvalue weighted by Gasteiger charge is -2.22. The van der Waals surface area contributed by atoms with Crippen molar-refractivity contribution in [1.29, 1.82) is 0 Å². The summed E-state index contributed by atoms with van der Waals surface area (Å²) in [6.45, 7) is 3.39. The number of benzene rings is 1. The van der Waals surface area contributed by atoms with Crippen molar-refractivity contribution in [3.63, 3.8) is 0 Å². The zero-order valence-corrected chi connectivity index (χ0v) is 16.2. The molecule has 2 aliphatic rings. The predicted molar refractivity (Wildman–Crippen MR) is 107 cm³/mol. The Balaban J connectivity index is 0.00000210. The van der Waals surface area contributed by atoms with E-state index in [1.807, 2.05) is 35.1 Å². The summed E-state index contributed by atoms with van der Waals surface area (Å²) in [5.74, 6) is 0.580. The second-order valence-corrected chi connectivity index (χ2v) is 7.29. The lowest BCUT2D eigenvalue weighted by molar-refractivity contribution is 0.102. The summed E-state index contributed by atoms with van der Waals surface area (Å²) < 4.78 is 7.63.